The van der Waals surface area contributed by atoms with Crippen LogP contribution in [0.15, 0.2) is 18.6 Å². The fourth-order valence-corrected chi connectivity index (χ4v) is 2.38. The van der Waals surface area contributed by atoms with E-state index in [9.17, 15) is 0 Å². The third kappa shape index (κ3) is 2.50. The summed E-state index contributed by atoms with van der Waals surface area (Å²) in [7, 11) is 0. The molecule has 88 valence electrons. The Kier molecular flexibility index (Phi) is 3.72. The van der Waals surface area contributed by atoms with Gasteiger partial charge in [0, 0.05) is 24.8 Å². The van der Waals surface area contributed by atoms with Gasteiger partial charge in [0.05, 0.1) is 0 Å². The van der Waals surface area contributed by atoms with Crippen molar-refractivity contribution in [1.82, 2.24) is 15.3 Å². The van der Waals surface area contributed by atoms with Crippen LogP contribution < -0.4 is 10.2 Å². The molecule has 1 fully saturated rings. The smallest absolute Gasteiger partial charge is 0.132 e. The van der Waals surface area contributed by atoms with Gasteiger partial charge in [-0.2, -0.15) is 0 Å². The molecule has 1 saturated heterocycles. The van der Waals surface area contributed by atoms with Crippen molar-refractivity contribution in [2.24, 2.45) is 0 Å². The predicted molar refractivity (Wildman–Crippen MR) is 65.5 cm³/mol. The van der Waals surface area contributed by atoms with Gasteiger partial charge >= 0.3 is 0 Å². The highest BCUT2D eigenvalue weighted by Gasteiger charge is 2.23. The zero-order chi connectivity index (χ0) is 11.4. The van der Waals surface area contributed by atoms with Crippen LogP contribution in [0.4, 0.5) is 5.82 Å². The van der Waals surface area contributed by atoms with Crippen LogP contribution in [0.25, 0.3) is 0 Å². The molecule has 1 aromatic rings. The molecule has 0 spiro atoms. The monoisotopic (exact) mass is 220 g/mol. The van der Waals surface area contributed by atoms with Gasteiger partial charge in [-0.15, -0.1) is 0 Å². The summed E-state index contributed by atoms with van der Waals surface area (Å²) in [6.45, 7) is 6.64. The van der Waals surface area contributed by atoms with Gasteiger partial charge in [0.1, 0.15) is 12.1 Å². The highest BCUT2D eigenvalue weighted by atomic mass is 15.3. The number of rotatable bonds is 3. The number of nitrogens with zero attached hydrogens (tertiary/aromatic N) is 3. The molecule has 0 aliphatic carbocycles. The molecule has 1 unspecified atom stereocenters. The summed E-state index contributed by atoms with van der Waals surface area (Å²) in [5, 5.41) is 3.45. The second-order valence-electron chi connectivity index (χ2n) is 4.57. The fraction of sp³-hybridized carbons (Fsp3) is 0.667. The van der Waals surface area contributed by atoms with Gasteiger partial charge in [-0.25, -0.2) is 9.97 Å². The summed E-state index contributed by atoms with van der Waals surface area (Å²) in [5.74, 6) is 1.04. The van der Waals surface area contributed by atoms with Crippen molar-refractivity contribution < 1.29 is 0 Å². The van der Waals surface area contributed by atoms with Gasteiger partial charge in [-0.05, 0) is 39.3 Å². The van der Waals surface area contributed by atoms with E-state index in [4.69, 9.17) is 0 Å². The summed E-state index contributed by atoms with van der Waals surface area (Å²) < 4.78 is 0. The molecule has 0 bridgehead atoms. The Labute approximate surface area is 97.1 Å². The van der Waals surface area contributed by atoms with Gasteiger partial charge in [0.2, 0.25) is 0 Å². The molecule has 16 heavy (non-hydrogen) atoms. The highest BCUT2D eigenvalue weighted by molar-refractivity contribution is 5.39. The van der Waals surface area contributed by atoms with Crippen molar-refractivity contribution in [3.05, 3.63) is 18.6 Å². The van der Waals surface area contributed by atoms with Crippen LogP contribution in [0.2, 0.25) is 0 Å². The summed E-state index contributed by atoms with van der Waals surface area (Å²) >= 11 is 0. The van der Waals surface area contributed by atoms with Crippen molar-refractivity contribution in [1.29, 1.82) is 0 Å². The van der Waals surface area contributed by atoms with E-state index in [1.54, 1.807) is 6.33 Å². The quantitative estimate of drug-likeness (QED) is 0.837. The molecule has 1 aliphatic rings. The van der Waals surface area contributed by atoms with Crippen molar-refractivity contribution in [2.45, 2.75) is 38.8 Å². The van der Waals surface area contributed by atoms with E-state index in [0.29, 0.717) is 12.1 Å². The number of anilines is 1. The van der Waals surface area contributed by atoms with E-state index in [2.05, 4.69) is 34.0 Å². The SMILES string of the molecule is CC(C)N(c1ccncn1)C1CCCNC1. The Bertz CT molecular complexity index is 306. The first-order chi connectivity index (χ1) is 7.79. The maximum Gasteiger partial charge on any atom is 0.132 e. The molecule has 1 aromatic heterocycles. The van der Waals surface area contributed by atoms with Crippen molar-refractivity contribution in [2.75, 3.05) is 18.0 Å². The summed E-state index contributed by atoms with van der Waals surface area (Å²) in [5.41, 5.74) is 0. The Morgan fingerprint density at radius 1 is 1.50 bits per heavy atom. The Balaban J connectivity index is 2.16. The molecule has 0 radical (unpaired) electrons. The Morgan fingerprint density at radius 3 is 2.94 bits per heavy atom. The number of hydrogen-bond donors (Lipinski definition) is 1. The fourth-order valence-electron chi connectivity index (χ4n) is 2.38. The van der Waals surface area contributed by atoms with Gasteiger partial charge in [0.25, 0.3) is 0 Å². The molecule has 0 amide bonds. The second-order valence-corrected chi connectivity index (χ2v) is 4.57. The van der Waals surface area contributed by atoms with Gasteiger partial charge < -0.3 is 10.2 Å². The molecule has 1 atom stereocenters. The van der Waals surface area contributed by atoms with Crippen LogP contribution in [-0.2, 0) is 0 Å². The zero-order valence-electron chi connectivity index (χ0n) is 10.1. The topological polar surface area (TPSA) is 41.1 Å². The van der Waals surface area contributed by atoms with E-state index in [-0.39, 0.29) is 0 Å². The van der Waals surface area contributed by atoms with Gasteiger partial charge in [0.15, 0.2) is 0 Å². The van der Waals surface area contributed by atoms with Crippen molar-refractivity contribution in [3.63, 3.8) is 0 Å². The number of nitrogens with one attached hydrogen (secondary N) is 1. The van der Waals surface area contributed by atoms with Crippen LogP contribution >= 0.6 is 0 Å². The summed E-state index contributed by atoms with van der Waals surface area (Å²) in [6.07, 6.45) is 5.93. The van der Waals surface area contributed by atoms with Crippen LogP contribution in [0, 0.1) is 0 Å². The molecule has 4 nitrogen and oxygen atoms in total. The molecule has 2 heterocycles. The molecule has 4 heteroatoms. The summed E-state index contributed by atoms with van der Waals surface area (Å²) in [6, 6.07) is 3.03. The van der Waals surface area contributed by atoms with Crippen molar-refractivity contribution >= 4 is 5.82 Å². The number of hydrogen-bond acceptors (Lipinski definition) is 4. The standard InChI is InChI=1S/C12H20N4/c1-10(2)16(11-4-3-6-13-8-11)12-5-7-14-9-15-12/h5,7,9-11,13H,3-4,6,8H2,1-2H3. The maximum atomic E-state index is 4.36. The molecule has 1 aliphatic heterocycles. The zero-order valence-corrected chi connectivity index (χ0v) is 10.1. The minimum atomic E-state index is 0.472. The van der Waals surface area contributed by atoms with E-state index >= 15 is 0 Å². The minimum Gasteiger partial charge on any atom is -0.350 e. The van der Waals surface area contributed by atoms with E-state index in [1.807, 2.05) is 12.3 Å². The minimum absolute atomic E-state index is 0.472. The van der Waals surface area contributed by atoms with E-state index in [0.717, 1.165) is 18.9 Å². The second kappa shape index (κ2) is 5.25. The van der Waals surface area contributed by atoms with E-state index in [1.165, 1.54) is 12.8 Å². The summed E-state index contributed by atoms with van der Waals surface area (Å²) in [4.78, 5) is 10.7. The first-order valence-corrected chi connectivity index (χ1v) is 6.04. The molecule has 0 saturated carbocycles. The number of aromatic nitrogens is 2. The van der Waals surface area contributed by atoms with Crippen LogP contribution in [0.1, 0.15) is 26.7 Å². The molecule has 0 aromatic carbocycles. The molecule has 2 rings (SSSR count). The first kappa shape index (κ1) is 11.3. The van der Waals surface area contributed by atoms with Crippen LogP contribution in [0.3, 0.4) is 0 Å². The largest absolute Gasteiger partial charge is 0.350 e. The highest BCUT2D eigenvalue weighted by Crippen LogP contribution is 2.20. The predicted octanol–water partition coefficient (Wildman–Crippen LogP) is 1.44. The average Bonchev–Trinajstić information content (AvgIpc) is 2.31. The van der Waals surface area contributed by atoms with Crippen molar-refractivity contribution in [3.8, 4) is 0 Å². The molecular weight excluding hydrogens is 200 g/mol. The molecule has 1 N–H and O–H groups in total. The lowest BCUT2D eigenvalue weighted by molar-refractivity contribution is 0.412. The third-order valence-electron chi connectivity index (χ3n) is 3.05. The molecular formula is C12H20N4. The average molecular weight is 220 g/mol. The first-order valence-electron chi connectivity index (χ1n) is 6.04. The lowest BCUT2D eigenvalue weighted by Crippen LogP contribution is -2.49. The van der Waals surface area contributed by atoms with Crippen LogP contribution in [0.5, 0.6) is 0 Å². The third-order valence-corrected chi connectivity index (χ3v) is 3.05. The van der Waals surface area contributed by atoms with Gasteiger partial charge in [-0.3, -0.25) is 0 Å². The lowest BCUT2D eigenvalue weighted by atomic mass is 10.0. The number of piperidine rings is 1. The van der Waals surface area contributed by atoms with Crippen LogP contribution in [-0.4, -0.2) is 35.1 Å². The van der Waals surface area contributed by atoms with Gasteiger partial charge in [-0.1, -0.05) is 0 Å². The normalized spacial score (nSPS) is 21.1. The lowest BCUT2D eigenvalue weighted by Gasteiger charge is -2.38. The Hall–Kier alpha value is -1.16. The maximum absolute atomic E-state index is 4.36. The Morgan fingerprint density at radius 2 is 2.38 bits per heavy atom. The van der Waals surface area contributed by atoms with E-state index < -0.39 is 0 Å².